The van der Waals surface area contributed by atoms with Gasteiger partial charge in [-0.2, -0.15) is 4.98 Å². The van der Waals surface area contributed by atoms with Crippen molar-refractivity contribution in [1.29, 1.82) is 0 Å². The zero-order chi connectivity index (χ0) is 20.3. The second-order valence-electron chi connectivity index (χ2n) is 7.45. The molecule has 0 saturated carbocycles. The van der Waals surface area contributed by atoms with Crippen LogP contribution >= 0.6 is 0 Å². The Morgan fingerprint density at radius 3 is 2.25 bits per heavy atom. The first-order valence-corrected chi connectivity index (χ1v) is 9.27. The van der Waals surface area contributed by atoms with Crippen molar-refractivity contribution in [2.75, 3.05) is 26.3 Å². The van der Waals surface area contributed by atoms with Crippen molar-refractivity contribution in [3.63, 3.8) is 0 Å². The van der Waals surface area contributed by atoms with Crippen LogP contribution in [0.4, 0.5) is 0 Å². The lowest BCUT2D eigenvalue weighted by atomic mass is 10.1. The minimum absolute atomic E-state index is 0.305. The summed E-state index contributed by atoms with van der Waals surface area (Å²) in [6, 6.07) is 7.50. The SMILES string of the molecule is CC(C)(C)n1cc2cc(-c3c(OCCN)cccc3OCCN)[nH]c2nc1=O. The van der Waals surface area contributed by atoms with Crippen molar-refractivity contribution in [3.05, 3.63) is 40.9 Å². The molecule has 1 aromatic carbocycles. The predicted octanol–water partition coefficient (Wildman–Crippen LogP) is 1.82. The summed E-state index contributed by atoms with van der Waals surface area (Å²) in [6.45, 7) is 7.43. The van der Waals surface area contributed by atoms with Crippen molar-refractivity contribution in [2.45, 2.75) is 26.3 Å². The van der Waals surface area contributed by atoms with Crippen LogP contribution < -0.4 is 26.6 Å². The Kier molecular flexibility index (Phi) is 5.71. The van der Waals surface area contributed by atoms with Crippen LogP contribution in [0.25, 0.3) is 22.3 Å². The van der Waals surface area contributed by atoms with Gasteiger partial charge in [0.1, 0.15) is 30.4 Å². The number of nitrogens with two attached hydrogens (primary N) is 2. The first-order valence-electron chi connectivity index (χ1n) is 9.27. The summed E-state index contributed by atoms with van der Waals surface area (Å²) in [5.41, 5.74) is 12.5. The number of aromatic amines is 1. The van der Waals surface area contributed by atoms with E-state index in [1.54, 1.807) is 4.57 Å². The van der Waals surface area contributed by atoms with Gasteiger partial charge in [0.15, 0.2) is 0 Å². The molecule has 28 heavy (non-hydrogen) atoms. The predicted molar refractivity (Wildman–Crippen MR) is 110 cm³/mol. The van der Waals surface area contributed by atoms with Crippen molar-refractivity contribution >= 4 is 11.0 Å². The fourth-order valence-corrected chi connectivity index (χ4v) is 2.96. The van der Waals surface area contributed by atoms with Gasteiger partial charge >= 0.3 is 5.69 Å². The summed E-state index contributed by atoms with van der Waals surface area (Å²) >= 11 is 0. The third-order valence-electron chi connectivity index (χ3n) is 4.24. The van der Waals surface area contributed by atoms with Crippen LogP contribution in [-0.4, -0.2) is 40.8 Å². The summed E-state index contributed by atoms with van der Waals surface area (Å²) in [5, 5.41) is 0.822. The summed E-state index contributed by atoms with van der Waals surface area (Å²) in [7, 11) is 0. The quantitative estimate of drug-likeness (QED) is 0.570. The summed E-state index contributed by atoms with van der Waals surface area (Å²) < 4.78 is 13.3. The lowest BCUT2D eigenvalue weighted by Crippen LogP contribution is -2.34. The average molecular weight is 385 g/mol. The Balaban J connectivity index is 2.16. The Labute approximate surface area is 163 Å². The molecule has 0 aliphatic heterocycles. The first kappa shape index (κ1) is 19.9. The molecule has 2 aromatic heterocycles. The van der Waals surface area contributed by atoms with Gasteiger partial charge in [-0.3, -0.25) is 4.57 Å². The molecule has 0 aliphatic rings. The topological polar surface area (TPSA) is 121 Å². The molecule has 0 bridgehead atoms. The van der Waals surface area contributed by atoms with E-state index in [0.717, 1.165) is 16.6 Å². The van der Waals surface area contributed by atoms with E-state index < -0.39 is 0 Å². The van der Waals surface area contributed by atoms with E-state index in [-0.39, 0.29) is 11.2 Å². The summed E-state index contributed by atoms with van der Waals surface area (Å²) in [5.74, 6) is 1.27. The highest BCUT2D eigenvalue weighted by Crippen LogP contribution is 2.39. The summed E-state index contributed by atoms with van der Waals surface area (Å²) in [6.07, 6.45) is 1.81. The molecule has 3 rings (SSSR count). The van der Waals surface area contributed by atoms with Gasteiger partial charge in [-0.05, 0) is 39.0 Å². The lowest BCUT2D eigenvalue weighted by molar-refractivity contribution is 0.314. The smallest absolute Gasteiger partial charge is 0.350 e. The molecule has 3 aromatic rings. The fraction of sp³-hybridized carbons (Fsp3) is 0.400. The zero-order valence-electron chi connectivity index (χ0n) is 16.5. The maximum atomic E-state index is 12.4. The number of nitrogens with zero attached hydrogens (tertiary/aromatic N) is 2. The second kappa shape index (κ2) is 8.04. The molecule has 150 valence electrons. The molecule has 8 heteroatoms. The third-order valence-corrected chi connectivity index (χ3v) is 4.24. The lowest BCUT2D eigenvalue weighted by Gasteiger charge is -2.21. The molecule has 0 aliphatic carbocycles. The molecular formula is C20H27N5O3. The number of ether oxygens (including phenoxy) is 2. The Hall–Kier alpha value is -2.84. The number of benzene rings is 1. The van der Waals surface area contributed by atoms with Gasteiger partial charge in [0.05, 0.1) is 11.3 Å². The second-order valence-corrected chi connectivity index (χ2v) is 7.45. The Morgan fingerprint density at radius 1 is 1.11 bits per heavy atom. The molecule has 0 amide bonds. The van der Waals surface area contributed by atoms with Crippen LogP contribution in [0.5, 0.6) is 11.5 Å². The first-order chi connectivity index (χ1) is 13.3. The van der Waals surface area contributed by atoms with Gasteiger partial charge in [0.2, 0.25) is 0 Å². The molecule has 2 heterocycles. The zero-order valence-corrected chi connectivity index (χ0v) is 16.5. The standard InChI is InChI=1S/C20H27N5O3/c1-20(2,3)25-12-13-11-14(23-18(13)24-19(25)26)17-15(27-9-7-21)5-4-6-16(17)28-10-8-22/h4-6,11-12H,7-10,21-22H2,1-3H3,(H,23,24,26). The van der Waals surface area contributed by atoms with Gasteiger partial charge in [-0.1, -0.05) is 6.07 Å². The van der Waals surface area contributed by atoms with Crippen molar-refractivity contribution in [2.24, 2.45) is 11.5 Å². The van der Waals surface area contributed by atoms with E-state index in [0.29, 0.717) is 43.4 Å². The van der Waals surface area contributed by atoms with E-state index in [9.17, 15) is 4.79 Å². The van der Waals surface area contributed by atoms with E-state index >= 15 is 0 Å². The van der Waals surface area contributed by atoms with Crippen LogP contribution in [0.2, 0.25) is 0 Å². The number of hydrogen-bond acceptors (Lipinski definition) is 6. The van der Waals surface area contributed by atoms with Gasteiger partial charge in [0.25, 0.3) is 0 Å². The highest BCUT2D eigenvalue weighted by molar-refractivity contribution is 5.86. The maximum absolute atomic E-state index is 12.4. The molecule has 0 atom stereocenters. The van der Waals surface area contributed by atoms with Crippen LogP contribution in [0.3, 0.4) is 0 Å². The molecule has 0 saturated heterocycles. The number of nitrogens with one attached hydrogen (secondary N) is 1. The molecular weight excluding hydrogens is 358 g/mol. The fourth-order valence-electron chi connectivity index (χ4n) is 2.96. The van der Waals surface area contributed by atoms with Gasteiger partial charge in [-0.15, -0.1) is 0 Å². The molecule has 0 fully saturated rings. The molecule has 0 unspecified atom stereocenters. The average Bonchev–Trinajstić information content (AvgIpc) is 3.05. The third kappa shape index (κ3) is 4.02. The van der Waals surface area contributed by atoms with Gasteiger partial charge in [0, 0.05) is 30.2 Å². The number of rotatable bonds is 7. The van der Waals surface area contributed by atoms with Crippen molar-refractivity contribution in [3.8, 4) is 22.8 Å². The van der Waals surface area contributed by atoms with Gasteiger partial charge in [-0.25, -0.2) is 4.79 Å². The highest BCUT2D eigenvalue weighted by Gasteiger charge is 2.19. The number of fused-ring (bicyclic) bond motifs is 1. The molecule has 0 spiro atoms. The van der Waals surface area contributed by atoms with Crippen LogP contribution in [0.15, 0.2) is 35.3 Å². The van der Waals surface area contributed by atoms with Crippen LogP contribution in [0.1, 0.15) is 20.8 Å². The summed E-state index contributed by atoms with van der Waals surface area (Å²) in [4.78, 5) is 19.8. The Morgan fingerprint density at radius 2 is 1.71 bits per heavy atom. The molecule has 0 radical (unpaired) electrons. The maximum Gasteiger partial charge on any atom is 0.350 e. The normalized spacial score (nSPS) is 11.8. The van der Waals surface area contributed by atoms with E-state index in [1.165, 1.54) is 0 Å². The highest BCUT2D eigenvalue weighted by atomic mass is 16.5. The van der Waals surface area contributed by atoms with E-state index in [1.807, 2.05) is 51.2 Å². The van der Waals surface area contributed by atoms with Gasteiger partial charge < -0.3 is 25.9 Å². The minimum Gasteiger partial charge on any atom is -0.491 e. The minimum atomic E-state index is -0.368. The number of hydrogen-bond donors (Lipinski definition) is 3. The Bertz CT molecular complexity index is 991. The largest absolute Gasteiger partial charge is 0.491 e. The van der Waals surface area contributed by atoms with Crippen LogP contribution in [0, 0.1) is 0 Å². The number of aromatic nitrogens is 3. The molecule has 5 N–H and O–H groups in total. The van der Waals surface area contributed by atoms with Crippen LogP contribution in [-0.2, 0) is 5.54 Å². The molecule has 8 nitrogen and oxygen atoms in total. The van der Waals surface area contributed by atoms with Crippen molar-refractivity contribution < 1.29 is 9.47 Å². The monoisotopic (exact) mass is 385 g/mol. The number of H-pyrrole nitrogens is 1. The van der Waals surface area contributed by atoms with E-state index in [2.05, 4.69) is 9.97 Å². The van der Waals surface area contributed by atoms with Crippen molar-refractivity contribution in [1.82, 2.24) is 14.5 Å². The van der Waals surface area contributed by atoms with E-state index in [4.69, 9.17) is 20.9 Å².